The summed E-state index contributed by atoms with van der Waals surface area (Å²) in [5.74, 6) is 0.277. The first-order chi connectivity index (χ1) is 59.9. The molecule has 27 heteroatoms. The van der Waals surface area contributed by atoms with Gasteiger partial charge in [-0.25, -0.2) is 26.3 Å². The summed E-state index contributed by atoms with van der Waals surface area (Å²) >= 11 is 0. The Kier molecular flexibility index (Phi) is 32.5. The Morgan fingerprint density at radius 3 is 1.04 bits per heavy atom. The van der Waals surface area contributed by atoms with Gasteiger partial charge < -0.3 is 55.0 Å². The molecule has 0 bridgehead atoms. The molecule has 125 heavy (non-hydrogen) atoms. The lowest BCUT2D eigenvalue weighted by molar-refractivity contribution is 0.0174. The van der Waals surface area contributed by atoms with E-state index >= 15 is 0 Å². The number of pyridine rings is 5. The van der Waals surface area contributed by atoms with Crippen molar-refractivity contribution in [3.8, 4) is 75.6 Å². The lowest BCUT2D eigenvalue weighted by Crippen LogP contribution is -2.14. The number of anilines is 5. The van der Waals surface area contributed by atoms with Gasteiger partial charge in [-0.3, -0.25) is 48.9 Å². The first-order valence-electron chi connectivity index (χ1n) is 37.5. The summed E-state index contributed by atoms with van der Waals surface area (Å²) in [6.45, 7) is 4.34. The van der Waals surface area contributed by atoms with Crippen molar-refractivity contribution >= 4 is 58.0 Å². The highest BCUT2D eigenvalue weighted by Gasteiger charge is 2.26. The summed E-state index contributed by atoms with van der Waals surface area (Å²) in [6.07, 6.45) is 19.9. The molecule has 0 atom stereocenters. The number of aromatic nitrogens is 5. The van der Waals surface area contributed by atoms with Crippen molar-refractivity contribution in [3.63, 3.8) is 0 Å². The lowest BCUT2D eigenvalue weighted by Gasteiger charge is -2.12. The Morgan fingerprint density at radius 2 is 0.664 bits per heavy atom. The third kappa shape index (κ3) is 28.2. The minimum Gasteiger partial charge on any atom is -0.497 e. The Balaban J connectivity index is 0.000000163. The minimum atomic E-state index is -3.01. The largest absolute Gasteiger partial charge is 0.497 e. The zero-order chi connectivity index (χ0) is 87.7. The van der Waals surface area contributed by atoms with Crippen molar-refractivity contribution in [1.29, 1.82) is 0 Å². The van der Waals surface area contributed by atoms with Crippen LogP contribution in [0, 0.1) is 49.5 Å². The lowest BCUT2D eigenvalue weighted by atomic mass is 10.1. The fraction of sp³-hybridized carbons (Fsp3) is 0.0612. The van der Waals surface area contributed by atoms with Gasteiger partial charge in [-0.15, -0.1) is 6.42 Å². The van der Waals surface area contributed by atoms with Crippen LogP contribution in [0.2, 0.25) is 0 Å². The Bertz CT molecular complexity index is 6250. The smallest absolute Gasteiger partial charge is 0.270 e. The topological polar surface area (TPSA) is 265 Å². The van der Waals surface area contributed by atoms with Crippen molar-refractivity contribution in [2.24, 2.45) is 0 Å². The molecule has 10 aromatic carbocycles. The van der Waals surface area contributed by atoms with Crippen LogP contribution in [-0.4, -0.2) is 61.6 Å². The zero-order valence-corrected chi connectivity index (χ0v) is 66.4. The minimum absolute atomic E-state index is 0. The fourth-order valence-electron chi connectivity index (χ4n) is 11.1. The van der Waals surface area contributed by atoms with Crippen LogP contribution in [0.15, 0.2) is 341 Å². The van der Waals surface area contributed by atoms with Gasteiger partial charge in [-0.2, -0.15) is 0 Å². The van der Waals surface area contributed by atoms with Crippen LogP contribution in [0.1, 0.15) is 88.4 Å². The number of halogens is 6. The first kappa shape index (κ1) is 90.6. The molecule has 0 unspecified atom stereocenters. The van der Waals surface area contributed by atoms with Gasteiger partial charge in [0.05, 0.1) is 67.2 Å². The number of rotatable bonds is 22. The van der Waals surface area contributed by atoms with Crippen molar-refractivity contribution < 1.29 is 78.7 Å². The van der Waals surface area contributed by atoms with Gasteiger partial charge in [-0.05, 0) is 177 Å². The summed E-state index contributed by atoms with van der Waals surface area (Å²) in [5.41, 5.74) is 4.95. The molecule has 0 aliphatic rings. The highest BCUT2D eigenvalue weighted by atomic mass is 19.3. The van der Waals surface area contributed by atoms with Gasteiger partial charge in [0.1, 0.15) is 80.7 Å². The predicted molar refractivity (Wildman–Crippen MR) is 466 cm³/mol. The predicted octanol–water partition coefficient (Wildman–Crippen LogP) is 23.5. The third-order valence-corrected chi connectivity index (χ3v) is 17.0. The Labute approximate surface area is 715 Å². The normalized spacial score (nSPS) is 10.2. The molecule has 0 aliphatic heterocycles. The molecule has 0 saturated carbocycles. The number of aryl methyl sites for hydroxylation is 2. The number of hydrogen-bond donors (Lipinski definition) is 5. The third-order valence-electron chi connectivity index (χ3n) is 17.0. The first-order valence-corrected chi connectivity index (χ1v) is 37.5. The van der Waals surface area contributed by atoms with Crippen molar-refractivity contribution in [1.82, 2.24) is 24.9 Å². The summed E-state index contributed by atoms with van der Waals surface area (Å²) in [6, 6.07) is 75.9. The number of nitrogens with one attached hydrogen (secondary N) is 5. The Hall–Kier alpha value is -16.8. The second-order valence-electron chi connectivity index (χ2n) is 26.5. The summed E-state index contributed by atoms with van der Waals surface area (Å²) in [4.78, 5) is 80.9. The average molecular weight is 1690 g/mol. The number of benzene rings is 10. The molecule has 21 nitrogen and oxygen atoms in total. The molecule has 0 fully saturated rings. The molecule has 15 rings (SSSR count). The molecule has 0 saturated heterocycles. The summed E-state index contributed by atoms with van der Waals surface area (Å²) < 4.78 is 115. The van der Waals surface area contributed by atoms with E-state index in [0.29, 0.717) is 96.9 Å². The number of methoxy groups -OCH3 is 1. The maximum absolute atomic E-state index is 14.2. The van der Waals surface area contributed by atoms with Crippen LogP contribution in [0.5, 0.6) is 63.2 Å². The van der Waals surface area contributed by atoms with E-state index in [4.69, 9.17) is 34.8 Å². The van der Waals surface area contributed by atoms with E-state index in [0.717, 1.165) is 24.9 Å². The number of alkyl halides is 2. The molecule has 628 valence electrons. The highest BCUT2D eigenvalue weighted by molar-refractivity contribution is 6.07. The zero-order valence-electron chi connectivity index (χ0n) is 66.4. The second-order valence-corrected chi connectivity index (χ2v) is 26.5. The van der Waals surface area contributed by atoms with Crippen molar-refractivity contribution in [2.45, 2.75) is 34.1 Å². The maximum Gasteiger partial charge on any atom is 0.270 e. The summed E-state index contributed by atoms with van der Waals surface area (Å²) in [7, 11) is 1.57. The quantitative estimate of drug-likeness (QED) is 0.0312. The van der Waals surface area contributed by atoms with Gasteiger partial charge in [0.15, 0.2) is 5.82 Å². The van der Waals surface area contributed by atoms with Gasteiger partial charge in [0, 0.05) is 119 Å². The Morgan fingerprint density at radius 1 is 0.336 bits per heavy atom. The number of terminal acetylenes is 1. The molecule has 5 heterocycles. The SMILES string of the molecule is C.C#Cc1cccc(C(=O)Nc2cccc(Oc3cncc(F)c3)c2)c1F.CC(F)(F)c1cccc(C(=O)Nc2cccc(Oc3cccnc3)c2)c1.COc1cccc(C(=O)Nc2cccc(Oc3cccnc3)c2)c1.Cc1cccc(C(=O)Nc2cccc(Oc3cccnc3)c2)c1F.Cc1cccc(C(=O)Nc2cccc(Oc3cncc(F)c3)c2)c1. The number of ether oxygens (including phenoxy) is 6. The van der Waals surface area contributed by atoms with Gasteiger partial charge >= 0.3 is 0 Å². The van der Waals surface area contributed by atoms with E-state index in [1.165, 1.54) is 79.1 Å². The molecule has 5 aromatic heterocycles. The number of nitrogens with zero attached hydrogens (tertiary/aromatic N) is 5. The van der Waals surface area contributed by atoms with Crippen LogP contribution in [-0.2, 0) is 5.92 Å². The number of carbonyl (C=O) groups excluding carboxylic acids is 5. The number of amides is 5. The van der Waals surface area contributed by atoms with Crippen molar-refractivity contribution in [3.05, 3.63) is 414 Å². The van der Waals surface area contributed by atoms with E-state index < -0.39 is 46.9 Å². The van der Waals surface area contributed by atoms with E-state index in [1.807, 2.05) is 43.3 Å². The van der Waals surface area contributed by atoms with Gasteiger partial charge in [0.2, 0.25) is 0 Å². The summed E-state index contributed by atoms with van der Waals surface area (Å²) in [5, 5.41) is 13.6. The van der Waals surface area contributed by atoms with E-state index in [1.54, 1.807) is 227 Å². The molecule has 0 radical (unpaired) electrons. The number of hydrogen-bond acceptors (Lipinski definition) is 16. The molecule has 15 aromatic rings. The highest BCUT2D eigenvalue weighted by Crippen LogP contribution is 2.33. The molecule has 0 spiro atoms. The standard InChI is InChI=1S/C20H16F2N2O2.C20H12F2N2O2.2C19H15FN2O2.C19H16N2O3.CH4/c1-20(21,22)15-6-2-5-14(11-15)19(25)24-16-7-3-8-17(12-16)26-18-9-4-10-23-13-18;1-2-13-5-3-8-18(19(13)22)20(25)24-15-6-4-7-16(10-15)26-17-9-14(21)11-23-12-17;1-13-5-2-9-17(18(13)20)19(23)22-14-6-3-7-15(11-14)24-16-8-4-10-21-12-16;1-13-4-2-5-14(8-13)19(23)22-16-6-3-7-17(10-16)24-18-9-15(20)11-21-12-18;1-23-16-7-2-5-14(11-16)19(22)21-15-6-3-8-17(12-15)24-18-9-4-10-20-13-18;/h2-13H,1H3,(H,24,25);1,3-12H,(H,24,25);2*2-12H,1H3,(H,22,23);2-13H,1H3,(H,21,22);1H4. The molecule has 0 aliphatic carbocycles. The van der Waals surface area contributed by atoms with Gasteiger partial charge in [0.25, 0.3) is 35.5 Å². The number of carbonyl (C=O) groups is 5. The van der Waals surface area contributed by atoms with Crippen LogP contribution >= 0.6 is 0 Å². The van der Waals surface area contributed by atoms with Crippen LogP contribution < -0.4 is 55.0 Å². The van der Waals surface area contributed by atoms with Gasteiger partial charge in [-0.1, -0.05) is 97.8 Å². The van der Waals surface area contributed by atoms with E-state index in [-0.39, 0.29) is 58.6 Å². The molecular formula is C98H78F6N10O11. The van der Waals surface area contributed by atoms with Crippen LogP contribution in [0.25, 0.3) is 0 Å². The monoisotopic (exact) mass is 1680 g/mol. The van der Waals surface area contributed by atoms with Crippen molar-refractivity contribution in [2.75, 3.05) is 33.7 Å². The second kappa shape index (κ2) is 44.9. The maximum atomic E-state index is 14.2. The molecule has 5 amide bonds. The molecule has 5 N–H and O–H groups in total. The fourth-order valence-corrected chi connectivity index (χ4v) is 11.1. The van der Waals surface area contributed by atoms with Crippen LogP contribution in [0.3, 0.4) is 0 Å². The van der Waals surface area contributed by atoms with Crippen LogP contribution in [0.4, 0.5) is 54.8 Å². The van der Waals surface area contributed by atoms with E-state index in [9.17, 15) is 50.3 Å². The van der Waals surface area contributed by atoms with E-state index in [2.05, 4.69) is 57.4 Å². The average Bonchev–Trinajstić information content (AvgIpc) is 0.838. The molecular weight excluding hydrogens is 1610 g/mol.